The van der Waals surface area contributed by atoms with Crippen molar-refractivity contribution in [2.75, 3.05) is 52.6 Å². The lowest BCUT2D eigenvalue weighted by atomic mass is 10.1. The third-order valence-electron chi connectivity index (χ3n) is 3.83. The molecule has 1 aliphatic heterocycles. The lowest BCUT2D eigenvalue weighted by Crippen LogP contribution is -2.51. The van der Waals surface area contributed by atoms with Crippen LogP contribution in [0.25, 0.3) is 0 Å². The summed E-state index contributed by atoms with van der Waals surface area (Å²) in [5.41, 5.74) is 0. The molecule has 0 unspecified atom stereocenters. The quantitative estimate of drug-likeness (QED) is 0.607. The standard InChI is InChI=1S/C16H32N2O3/c1-14(2)5-10-20-11-12-21-13-16(19)18-8-6-17(7-9-18)15(3)4/h14-15H,5-13H2,1-4H3. The Labute approximate surface area is 129 Å². The second kappa shape index (κ2) is 10.1. The fourth-order valence-corrected chi connectivity index (χ4v) is 2.28. The molecular formula is C16H32N2O3. The molecule has 0 bridgehead atoms. The number of piperazine rings is 1. The van der Waals surface area contributed by atoms with Crippen LogP contribution in [-0.2, 0) is 14.3 Å². The van der Waals surface area contributed by atoms with Gasteiger partial charge >= 0.3 is 0 Å². The number of amides is 1. The van der Waals surface area contributed by atoms with Gasteiger partial charge in [0.25, 0.3) is 0 Å². The fraction of sp³-hybridized carbons (Fsp3) is 0.938. The SMILES string of the molecule is CC(C)CCOCCOCC(=O)N1CCN(C(C)C)CC1. The number of rotatable bonds is 9. The first-order chi connectivity index (χ1) is 10.0. The fourth-order valence-electron chi connectivity index (χ4n) is 2.28. The van der Waals surface area contributed by atoms with Gasteiger partial charge in [0.05, 0.1) is 13.2 Å². The van der Waals surface area contributed by atoms with Crippen molar-refractivity contribution in [1.29, 1.82) is 0 Å². The summed E-state index contributed by atoms with van der Waals surface area (Å²) in [4.78, 5) is 16.3. The zero-order valence-corrected chi connectivity index (χ0v) is 14.1. The summed E-state index contributed by atoms with van der Waals surface area (Å²) in [5.74, 6) is 0.762. The van der Waals surface area contributed by atoms with Crippen LogP contribution in [0.5, 0.6) is 0 Å². The maximum Gasteiger partial charge on any atom is 0.248 e. The molecule has 124 valence electrons. The Morgan fingerprint density at radius 2 is 1.57 bits per heavy atom. The van der Waals surface area contributed by atoms with Crippen LogP contribution in [0.15, 0.2) is 0 Å². The number of hydrogen-bond donors (Lipinski definition) is 0. The molecule has 0 saturated carbocycles. The highest BCUT2D eigenvalue weighted by Crippen LogP contribution is 2.06. The first kappa shape index (κ1) is 18.4. The summed E-state index contributed by atoms with van der Waals surface area (Å²) < 4.78 is 10.9. The molecule has 1 aliphatic rings. The van der Waals surface area contributed by atoms with E-state index < -0.39 is 0 Å². The van der Waals surface area contributed by atoms with Crippen LogP contribution in [-0.4, -0.2) is 74.4 Å². The number of hydrogen-bond acceptors (Lipinski definition) is 4. The molecule has 0 atom stereocenters. The average Bonchev–Trinajstić information content (AvgIpc) is 2.45. The van der Waals surface area contributed by atoms with E-state index in [1.54, 1.807) is 0 Å². The maximum atomic E-state index is 12.0. The van der Waals surface area contributed by atoms with Gasteiger partial charge in [0.15, 0.2) is 0 Å². The van der Waals surface area contributed by atoms with Gasteiger partial charge in [0, 0.05) is 38.8 Å². The Balaban J connectivity index is 2.02. The molecular weight excluding hydrogens is 268 g/mol. The summed E-state index contributed by atoms with van der Waals surface area (Å²) in [6.07, 6.45) is 1.07. The predicted octanol–water partition coefficient (Wildman–Crippen LogP) is 1.62. The van der Waals surface area contributed by atoms with E-state index in [-0.39, 0.29) is 12.5 Å². The lowest BCUT2D eigenvalue weighted by molar-refractivity contribution is -0.138. The summed E-state index contributed by atoms with van der Waals surface area (Å²) in [6, 6.07) is 0.557. The Kier molecular flexibility index (Phi) is 8.88. The Hall–Kier alpha value is -0.650. The first-order valence-electron chi connectivity index (χ1n) is 8.18. The highest BCUT2D eigenvalue weighted by atomic mass is 16.5. The van der Waals surface area contributed by atoms with Crippen LogP contribution in [0.1, 0.15) is 34.1 Å². The van der Waals surface area contributed by atoms with Crippen LogP contribution in [0, 0.1) is 5.92 Å². The van der Waals surface area contributed by atoms with Crippen LogP contribution < -0.4 is 0 Å². The second-order valence-corrected chi connectivity index (χ2v) is 6.36. The molecule has 1 fully saturated rings. The normalized spacial score (nSPS) is 17.0. The average molecular weight is 300 g/mol. The van der Waals surface area contributed by atoms with E-state index >= 15 is 0 Å². The van der Waals surface area contributed by atoms with Gasteiger partial charge in [-0.25, -0.2) is 0 Å². The summed E-state index contributed by atoms with van der Waals surface area (Å²) in [5, 5.41) is 0. The smallest absolute Gasteiger partial charge is 0.248 e. The third kappa shape index (κ3) is 7.79. The van der Waals surface area contributed by atoms with E-state index in [0.717, 1.165) is 39.2 Å². The van der Waals surface area contributed by atoms with Crippen molar-refractivity contribution in [2.24, 2.45) is 5.92 Å². The molecule has 0 aromatic carbocycles. The van der Waals surface area contributed by atoms with Crippen molar-refractivity contribution in [3.63, 3.8) is 0 Å². The van der Waals surface area contributed by atoms with Crippen LogP contribution in [0.3, 0.4) is 0 Å². The van der Waals surface area contributed by atoms with Gasteiger partial charge in [-0.15, -0.1) is 0 Å². The Morgan fingerprint density at radius 3 is 2.14 bits per heavy atom. The summed E-state index contributed by atoms with van der Waals surface area (Å²) >= 11 is 0. The number of carbonyl (C=O) groups excluding carboxylic acids is 1. The molecule has 21 heavy (non-hydrogen) atoms. The molecule has 5 heteroatoms. The van der Waals surface area contributed by atoms with Crippen LogP contribution in [0.2, 0.25) is 0 Å². The van der Waals surface area contributed by atoms with Crippen LogP contribution >= 0.6 is 0 Å². The van der Waals surface area contributed by atoms with Crippen molar-refractivity contribution in [2.45, 2.75) is 40.2 Å². The third-order valence-corrected chi connectivity index (χ3v) is 3.83. The van der Waals surface area contributed by atoms with Crippen molar-refractivity contribution in [3.8, 4) is 0 Å². The van der Waals surface area contributed by atoms with Gasteiger partial charge in [-0.2, -0.15) is 0 Å². The number of nitrogens with zero attached hydrogens (tertiary/aromatic N) is 2. The highest BCUT2D eigenvalue weighted by molar-refractivity contribution is 5.77. The van der Waals surface area contributed by atoms with E-state index in [9.17, 15) is 4.79 Å². The van der Waals surface area contributed by atoms with Gasteiger partial charge in [0.2, 0.25) is 5.91 Å². The molecule has 0 aromatic heterocycles. The first-order valence-corrected chi connectivity index (χ1v) is 8.18. The number of carbonyl (C=O) groups is 1. The molecule has 5 nitrogen and oxygen atoms in total. The zero-order chi connectivity index (χ0) is 15.7. The van der Waals surface area contributed by atoms with Gasteiger partial charge in [-0.3, -0.25) is 9.69 Å². The molecule has 0 aliphatic carbocycles. The lowest BCUT2D eigenvalue weighted by Gasteiger charge is -2.36. The van der Waals surface area contributed by atoms with Crippen molar-refractivity contribution >= 4 is 5.91 Å². The minimum Gasteiger partial charge on any atom is -0.379 e. The molecule has 0 spiro atoms. The van der Waals surface area contributed by atoms with Gasteiger partial charge in [-0.1, -0.05) is 13.8 Å². The van der Waals surface area contributed by atoms with Crippen molar-refractivity contribution < 1.29 is 14.3 Å². The molecule has 0 aromatic rings. The van der Waals surface area contributed by atoms with Crippen LogP contribution in [0.4, 0.5) is 0 Å². The van der Waals surface area contributed by atoms with E-state index in [1.165, 1.54) is 0 Å². The number of ether oxygens (including phenoxy) is 2. The molecule has 1 saturated heterocycles. The van der Waals surface area contributed by atoms with Gasteiger partial charge in [-0.05, 0) is 26.2 Å². The summed E-state index contributed by atoms with van der Waals surface area (Å²) in [7, 11) is 0. The van der Waals surface area contributed by atoms with E-state index in [0.29, 0.717) is 25.2 Å². The van der Waals surface area contributed by atoms with Crippen molar-refractivity contribution in [1.82, 2.24) is 9.80 Å². The Morgan fingerprint density at radius 1 is 0.952 bits per heavy atom. The predicted molar refractivity (Wildman–Crippen MR) is 84.4 cm³/mol. The van der Waals surface area contributed by atoms with E-state index in [4.69, 9.17) is 9.47 Å². The highest BCUT2D eigenvalue weighted by Gasteiger charge is 2.22. The topological polar surface area (TPSA) is 42.0 Å². The van der Waals surface area contributed by atoms with Crippen molar-refractivity contribution in [3.05, 3.63) is 0 Å². The molecule has 1 amide bonds. The molecule has 0 radical (unpaired) electrons. The van der Waals surface area contributed by atoms with E-state index in [1.807, 2.05) is 4.90 Å². The molecule has 0 N–H and O–H groups in total. The second-order valence-electron chi connectivity index (χ2n) is 6.36. The largest absolute Gasteiger partial charge is 0.379 e. The van der Waals surface area contributed by atoms with Gasteiger partial charge < -0.3 is 14.4 Å². The minimum atomic E-state index is 0.0978. The Bertz CT molecular complexity index is 287. The summed E-state index contributed by atoms with van der Waals surface area (Å²) in [6.45, 7) is 14.3. The molecule has 1 heterocycles. The zero-order valence-electron chi connectivity index (χ0n) is 14.1. The monoisotopic (exact) mass is 300 g/mol. The minimum absolute atomic E-state index is 0.0978. The maximum absolute atomic E-state index is 12.0. The van der Waals surface area contributed by atoms with E-state index in [2.05, 4.69) is 32.6 Å². The van der Waals surface area contributed by atoms with Gasteiger partial charge in [0.1, 0.15) is 6.61 Å². The molecule has 1 rings (SSSR count).